The molecule has 0 unspecified atom stereocenters. The molecule has 3 aromatic carbocycles. The van der Waals surface area contributed by atoms with E-state index in [0.29, 0.717) is 11.6 Å². The highest BCUT2D eigenvalue weighted by molar-refractivity contribution is 7.89. The van der Waals surface area contributed by atoms with E-state index >= 15 is 0 Å². The minimum absolute atomic E-state index is 0.0243. The molecule has 3 aromatic rings. The van der Waals surface area contributed by atoms with Crippen LogP contribution >= 0.6 is 11.6 Å². The van der Waals surface area contributed by atoms with Crippen LogP contribution in [-0.2, 0) is 16.4 Å². The van der Waals surface area contributed by atoms with Crippen LogP contribution in [0.15, 0.2) is 77.7 Å². The summed E-state index contributed by atoms with van der Waals surface area (Å²) in [5.74, 6) is -0.646. The van der Waals surface area contributed by atoms with Gasteiger partial charge in [0.15, 0.2) is 0 Å². The van der Waals surface area contributed by atoms with Crippen LogP contribution < -0.4 is 5.32 Å². The molecule has 0 bridgehead atoms. The number of aromatic hydroxyl groups is 1. The second-order valence-electron chi connectivity index (χ2n) is 9.85. The molecule has 6 nitrogen and oxygen atoms in total. The molecule has 1 amide bonds. The summed E-state index contributed by atoms with van der Waals surface area (Å²) in [5.41, 5.74) is 1.65. The fraction of sp³-hybridized carbons (Fsp3) is 0.367. The average Bonchev–Trinajstić information content (AvgIpc) is 2.93. The first kappa shape index (κ1) is 28.1. The van der Waals surface area contributed by atoms with Gasteiger partial charge in [-0.2, -0.15) is 4.31 Å². The maximum absolute atomic E-state index is 13.9. The summed E-state index contributed by atoms with van der Waals surface area (Å²) >= 11 is 5.99. The number of carbonyl (C=O) groups excluding carboxylic acids is 1. The smallest absolute Gasteiger partial charge is 0.255 e. The predicted octanol–water partition coefficient (Wildman–Crippen LogP) is 7.03. The Labute approximate surface area is 230 Å². The topological polar surface area (TPSA) is 86.7 Å². The molecule has 0 heterocycles. The number of nitrogens with zero attached hydrogens (tertiary/aromatic N) is 1. The van der Waals surface area contributed by atoms with Crippen molar-refractivity contribution in [3.8, 4) is 5.75 Å². The molecule has 8 heteroatoms. The van der Waals surface area contributed by atoms with Crippen LogP contribution in [0.5, 0.6) is 5.75 Å². The Hall–Kier alpha value is -2.87. The summed E-state index contributed by atoms with van der Waals surface area (Å²) in [7, 11) is -3.80. The Morgan fingerprint density at radius 2 is 1.68 bits per heavy atom. The standard InChI is InChI=1S/C30H35ClN2O4S/c31-25-18-19-29(34)28(22-25)32-30(35)24-14-10-17-27(21-24)38(36,37)33(26-15-7-2-8-16-26)20-9-3-6-13-23-11-4-1-5-12-23/h1,4-5,10-12,14,17-19,21-22,26,34H,2-3,6-9,13,15-16,20H2,(H,32,35). The summed E-state index contributed by atoms with van der Waals surface area (Å²) < 4.78 is 29.4. The van der Waals surface area contributed by atoms with Crippen LogP contribution in [0.4, 0.5) is 5.69 Å². The largest absolute Gasteiger partial charge is 0.506 e. The number of hydrogen-bond acceptors (Lipinski definition) is 4. The number of benzene rings is 3. The Bertz CT molecular complexity index is 1330. The third-order valence-electron chi connectivity index (χ3n) is 7.08. The molecule has 2 N–H and O–H groups in total. The number of sulfonamides is 1. The number of hydrogen-bond donors (Lipinski definition) is 2. The van der Waals surface area contributed by atoms with Gasteiger partial charge in [-0.1, -0.05) is 73.7 Å². The number of aryl methyl sites for hydroxylation is 1. The van der Waals surface area contributed by atoms with Crippen molar-refractivity contribution in [1.29, 1.82) is 0 Å². The molecule has 0 spiro atoms. The van der Waals surface area contributed by atoms with E-state index in [1.165, 1.54) is 29.8 Å². The van der Waals surface area contributed by atoms with Gasteiger partial charge in [0.25, 0.3) is 5.91 Å². The Balaban J connectivity index is 1.47. The van der Waals surface area contributed by atoms with Gasteiger partial charge in [0.2, 0.25) is 10.0 Å². The summed E-state index contributed by atoms with van der Waals surface area (Å²) in [5, 5.41) is 13.0. The molecule has 0 aromatic heterocycles. The lowest BCUT2D eigenvalue weighted by molar-refractivity contribution is 0.102. The first-order chi connectivity index (χ1) is 18.3. The minimum Gasteiger partial charge on any atom is -0.506 e. The van der Waals surface area contributed by atoms with Crippen molar-refractivity contribution in [2.24, 2.45) is 0 Å². The maximum atomic E-state index is 13.9. The number of rotatable bonds is 11. The van der Waals surface area contributed by atoms with E-state index < -0.39 is 15.9 Å². The SMILES string of the molecule is O=C(Nc1cc(Cl)ccc1O)c1cccc(S(=O)(=O)N(CCCCCc2ccccc2)C2CCCCC2)c1. The molecule has 0 aliphatic heterocycles. The van der Waals surface area contributed by atoms with Crippen molar-refractivity contribution in [2.75, 3.05) is 11.9 Å². The number of phenolic OH excluding ortho intramolecular Hbond substituents is 1. The molecule has 1 fully saturated rings. The predicted molar refractivity (Wildman–Crippen MR) is 152 cm³/mol. The summed E-state index contributed by atoms with van der Waals surface area (Å²) in [6.07, 6.45) is 8.62. The van der Waals surface area contributed by atoms with Crippen LogP contribution in [0.25, 0.3) is 0 Å². The zero-order valence-corrected chi connectivity index (χ0v) is 23.1. The summed E-state index contributed by atoms with van der Waals surface area (Å²) in [6.45, 7) is 0.467. The molecule has 4 rings (SSSR count). The average molecular weight is 555 g/mol. The first-order valence-corrected chi connectivity index (χ1v) is 15.1. The molecule has 202 valence electrons. The van der Waals surface area contributed by atoms with Crippen molar-refractivity contribution in [1.82, 2.24) is 4.31 Å². The van der Waals surface area contributed by atoms with Crippen molar-refractivity contribution in [3.05, 3.63) is 88.9 Å². The van der Waals surface area contributed by atoms with Gasteiger partial charge in [-0.25, -0.2) is 8.42 Å². The van der Waals surface area contributed by atoms with Crippen LogP contribution in [0, 0.1) is 0 Å². The number of amides is 1. The fourth-order valence-corrected chi connectivity index (χ4v) is 6.96. The number of halogens is 1. The third kappa shape index (κ3) is 7.37. The normalized spacial score (nSPS) is 14.5. The first-order valence-electron chi connectivity index (χ1n) is 13.3. The molecule has 0 atom stereocenters. The lowest BCUT2D eigenvalue weighted by Crippen LogP contribution is -2.42. The lowest BCUT2D eigenvalue weighted by atomic mass is 9.95. The molecule has 38 heavy (non-hydrogen) atoms. The van der Waals surface area contributed by atoms with E-state index in [4.69, 9.17) is 11.6 Å². The summed E-state index contributed by atoms with van der Waals surface area (Å²) in [4.78, 5) is 13.0. The van der Waals surface area contributed by atoms with Crippen molar-refractivity contribution in [2.45, 2.75) is 68.7 Å². The zero-order chi connectivity index (χ0) is 27.0. The Morgan fingerprint density at radius 1 is 0.921 bits per heavy atom. The molecular weight excluding hydrogens is 520 g/mol. The van der Waals surface area contributed by atoms with Gasteiger partial charge < -0.3 is 10.4 Å². The number of unbranched alkanes of at least 4 members (excludes halogenated alkanes) is 2. The van der Waals surface area contributed by atoms with Gasteiger partial charge in [0.1, 0.15) is 5.75 Å². The highest BCUT2D eigenvalue weighted by Gasteiger charge is 2.32. The van der Waals surface area contributed by atoms with E-state index in [0.717, 1.165) is 57.8 Å². The van der Waals surface area contributed by atoms with Gasteiger partial charge in [-0.05, 0) is 74.1 Å². The third-order valence-corrected chi connectivity index (χ3v) is 9.26. The van der Waals surface area contributed by atoms with Crippen LogP contribution in [0.2, 0.25) is 5.02 Å². The monoisotopic (exact) mass is 554 g/mol. The van der Waals surface area contributed by atoms with E-state index in [1.54, 1.807) is 22.5 Å². The Kier molecular flexibility index (Phi) is 9.83. The quantitative estimate of drug-likeness (QED) is 0.197. The van der Waals surface area contributed by atoms with E-state index in [2.05, 4.69) is 17.4 Å². The van der Waals surface area contributed by atoms with Crippen molar-refractivity contribution >= 4 is 33.2 Å². The van der Waals surface area contributed by atoms with Crippen molar-refractivity contribution < 1.29 is 18.3 Å². The van der Waals surface area contributed by atoms with Crippen LogP contribution in [0.3, 0.4) is 0 Å². The molecule has 0 saturated heterocycles. The number of carbonyl (C=O) groups is 1. The summed E-state index contributed by atoms with van der Waals surface area (Å²) in [6, 6.07) is 20.8. The second-order valence-corrected chi connectivity index (χ2v) is 12.2. The number of phenols is 1. The molecular formula is C30H35ClN2O4S. The van der Waals surface area contributed by atoms with E-state index in [1.807, 2.05) is 18.2 Å². The molecule has 1 saturated carbocycles. The maximum Gasteiger partial charge on any atom is 0.255 e. The van der Waals surface area contributed by atoms with Gasteiger partial charge >= 0.3 is 0 Å². The lowest BCUT2D eigenvalue weighted by Gasteiger charge is -2.33. The molecule has 1 aliphatic rings. The van der Waals surface area contributed by atoms with Gasteiger partial charge in [-0.3, -0.25) is 4.79 Å². The van der Waals surface area contributed by atoms with E-state index in [-0.39, 0.29) is 27.9 Å². The van der Waals surface area contributed by atoms with Crippen molar-refractivity contribution in [3.63, 3.8) is 0 Å². The highest BCUT2D eigenvalue weighted by atomic mass is 35.5. The van der Waals surface area contributed by atoms with Gasteiger partial charge in [0, 0.05) is 23.2 Å². The molecule has 1 aliphatic carbocycles. The van der Waals surface area contributed by atoms with E-state index in [9.17, 15) is 18.3 Å². The minimum atomic E-state index is -3.80. The Morgan fingerprint density at radius 3 is 2.45 bits per heavy atom. The van der Waals surface area contributed by atoms with Gasteiger partial charge in [0.05, 0.1) is 10.6 Å². The number of nitrogens with one attached hydrogen (secondary N) is 1. The second kappa shape index (κ2) is 13.3. The fourth-order valence-electron chi connectivity index (χ4n) is 5.02. The molecule has 0 radical (unpaired) electrons. The number of anilines is 1. The van der Waals surface area contributed by atoms with Gasteiger partial charge in [-0.15, -0.1) is 0 Å². The highest BCUT2D eigenvalue weighted by Crippen LogP contribution is 2.30. The van der Waals surface area contributed by atoms with Crippen LogP contribution in [0.1, 0.15) is 67.3 Å². The zero-order valence-electron chi connectivity index (χ0n) is 21.5. The van der Waals surface area contributed by atoms with Crippen LogP contribution in [-0.4, -0.2) is 36.3 Å².